The normalized spacial score (nSPS) is 46.1. The topological polar surface area (TPSA) is 187 Å². The number of epoxide rings is 1. The van der Waals surface area contributed by atoms with Crippen LogP contribution in [-0.4, -0.2) is 128 Å². The molecule has 0 aliphatic carbocycles. The molecule has 0 amide bonds. The number of hydrogen-bond donors (Lipinski definition) is 2. The fourth-order valence-corrected chi connectivity index (χ4v) is 7.97. The third kappa shape index (κ3) is 8.67. The van der Waals surface area contributed by atoms with E-state index >= 15 is 0 Å². The van der Waals surface area contributed by atoms with E-state index in [9.17, 15) is 24.6 Å². The standard InChI is InChI=1S/C37H56O15/c1-17-10-13-27(39)47-21(5)24(16-45-34-32(44-9)31(43-8)28(40)22(6)48-34)30-26(50-30)12-11-25(38)18(2)14-19(3)29(17)51-35-33(41)37(15-20(4)46-35)23(7)49-36(42)52-37/h10,12-13,17-24,28-35,40-41H,11,14-16H2,1-9H3. The van der Waals surface area contributed by atoms with E-state index in [1.165, 1.54) is 20.3 Å². The average Bonchev–Trinajstić information content (AvgIpc) is 3.79. The van der Waals surface area contributed by atoms with Gasteiger partial charge >= 0.3 is 12.1 Å². The Kier molecular flexibility index (Phi) is 13.1. The maximum atomic E-state index is 13.4. The number of esters is 1. The third-order valence-electron chi connectivity index (χ3n) is 11.2. The summed E-state index contributed by atoms with van der Waals surface area (Å²) < 4.78 is 58.3. The van der Waals surface area contributed by atoms with Gasteiger partial charge in [-0.05, 0) is 46.1 Å². The Hall–Kier alpha value is -2.63. The SMILES string of the molecule is COC1C(OCC2C(C)OC(=O)C=CC(C)C(OC3OC(C)CC4(OC(=O)OC4C)C3O)C(C)CC(C)C(=O)CC=C3OC32)OC(C)C(O)C1OC. The van der Waals surface area contributed by atoms with E-state index in [2.05, 4.69) is 0 Å². The molecule has 0 bridgehead atoms. The van der Waals surface area contributed by atoms with Crippen LogP contribution < -0.4 is 0 Å². The first kappa shape index (κ1) is 40.6. The van der Waals surface area contributed by atoms with E-state index < -0.39 is 103 Å². The maximum absolute atomic E-state index is 13.4. The van der Waals surface area contributed by atoms with Crippen LogP contribution in [0.25, 0.3) is 0 Å². The number of cyclic esters (lactones) is 2. The molecule has 5 heterocycles. The number of hydrogen-bond acceptors (Lipinski definition) is 15. The van der Waals surface area contributed by atoms with Gasteiger partial charge in [0.1, 0.15) is 48.2 Å². The van der Waals surface area contributed by atoms with Crippen molar-refractivity contribution in [1.82, 2.24) is 0 Å². The monoisotopic (exact) mass is 740 g/mol. The predicted molar refractivity (Wildman–Crippen MR) is 180 cm³/mol. The maximum Gasteiger partial charge on any atom is 0.509 e. The number of allylic oxidation sites excluding steroid dienone is 1. The minimum absolute atomic E-state index is 0.0111. The Balaban J connectivity index is 1.34. The first-order valence-electron chi connectivity index (χ1n) is 18.3. The van der Waals surface area contributed by atoms with Gasteiger partial charge in [-0.3, -0.25) is 4.79 Å². The quantitative estimate of drug-likeness (QED) is 0.286. The highest BCUT2D eigenvalue weighted by Gasteiger charge is 2.61. The molecule has 15 nitrogen and oxygen atoms in total. The van der Waals surface area contributed by atoms with E-state index in [1.807, 2.05) is 20.8 Å². The highest BCUT2D eigenvalue weighted by molar-refractivity contribution is 5.82. The van der Waals surface area contributed by atoms with Gasteiger partial charge in [0.2, 0.25) is 0 Å². The number of rotatable bonds is 7. The van der Waals surface area contributed by atoms with Crippen molar-refractivity contribution in [3.05, 3.63) is 24.0 Å². The fourth-order valence-electron chi connectivity index (χ4n) is 7.97. The van der Waals surface area contributed by atoms with Gasteiger partial charge in [0.15, 0.2) is 24.3 Å². The highest BCUT2D eigenvalue weighted by Crippen LogP contribution is 2.43. The van der Waals surface area contributed by atoms with Gasteiger partial charge in [-0.1, -0.05) is 26.8 Å². The molecule has 294 valence electrons. The van der Waals surface area contributed by atoms with Gasteiger partial charge in [-0.15, -0.1) is 0 Å². The zero-order chi connectivity index (χ0) is 38.1. The van der Waals surface area contributed by atoms with Gasteiger partial charge in [0.05, 0.1) is 30.8 Å². The zero-order valence-corrected chi connectivity index (χ0v) is 31.5. The number of fused-ring (bicyclic) bond motifs is 1. The molecular formula is C37H56O15. The Bertz CT molecular complexity index is 1340. The summed E-state index contributed by atoms with van der Waals surface area (Å²) in [4.78, 5) is 38.7. The molecule has 0 aromatic heterocycles. The molecule has 17 unspecified atom stereocenters. The van der Waals surface area contributed by atoms with Crippen LogP contribution in [0, 0.1) is 23.7 Å². The molecule has 0 aromatic rings. The van der Waals surface area contributed by atoms with Gasteiger partial charge in [0, 0.05) is 45.0 Å². The summed E-state index contributed by atoms with van der Waals surface area (Å²) in [5.41, 5.74) is -1.35. The largest absolute Gasteiger partial charge is 0.509 e. The zero-order valence-electron chi connectivity index (χ0n) is 31.5. The molecule has 2 N–H and O–H groups in total. The summed E-state index contributed by atoms with van der Waals surface area (Å²) in [6, 6.07) is 0. The van der Waals surface area contributed by atoms with Crippen LogP contribution in [0.4, 0.5) is 4.79 Å². The van der Waals surface area contributed by atoms with Crippen molar-refractivity contribution in [2.45, 2.75) is 147 Å². The van der Waals surface area contributed by atoms with Crippen molar-refractivity contribution in [1.29, 1.82) is 0 Å². The molecule has 0 radical (unpaired) electrons. The van der Waals surface area contributed by atoms with Crippen LogP contribution in [0.1, 0.15) is 67.7 Å². The molecule has 1 spiro atoms. The molecule has 52 heavy (non-hydrogen) atoms. The summed E-state index contributed by atoms with van der Waals surface area (Å²) in [5, 5.41) is 22.0. The van der Waals surface area contributed by atoms with Crippen LogP contribution in [0.15, 0.2) is 24.0 Å². The lowest BCUT2D eigenvalue weighted by atomic mass is 9.82. The Morgan fingerprint density at radius 1 is 0.865 bits per heavy atom. The van der Waals surface area contributed by atoms with Crippen molar-refractivity contribution >= 4 is 17.9 Å². The highest BCUT2D eigenvalue weighted by atomic mass is 16.8. The van der Waals surface area contributed by atoms with Crippen molar-refractivity contribution in [3.8, 4) is 0 Å². The number of aliphatic hydroxyl groups excluding tert-OH is 2. The molecule has 5 aliphatic heterocycles. The second kappa shape index (κ2) is 16.8. The number of ketones is 1. The molecule has 4 saturated heterocycles. The smallest absolute Gasteiger partial charge is 0.483 e. The molecule has 5 rings (SSSR count). The van der Waals surface area contributed by atoms with Crippen molar-refractivity contribution < 1.29 is 72.0 Å². The molecular weight excluding hydrogens is 684 g/mol. The van der Waals surface area contributed by atoms with Crippen molar-refractivity contribution in [2.24, 2.45) is 23.7 Å². The van der Waals surface area contributed by atoms with Gasteiger partial charge in [-0.25, -0.2) is 9.59 Å². The first-order valence-corrected chi connectivity index (χ1v) is 18.3. The third-order valence-corrected chi connectivity index (χ3v) is 11.2. The number of ether oxygens (including phenoxy) is 10. The van der Waals surface area contributed by atoms with Gasteiger partial charge < -0.3 is 57.6 Å². The number of aliphatic hydroxyl groups is 2. The van der Waals surface area contributed by atoms with Crippen molar-refractivity contribution in [2.75, 3.05) is 20.8 Å². The van der Waals surface area contributed by atoms with Crippen LogP contribution in [-0.2, 0) is 57.0 Å². The Labute approximate surface area is 305 Å². The van der Waals surface area contributed by atoms with Crippen LogP contribution in [0.2, 0.25) is 0 Å². The minimum Gasteiger partial charge on any atom is -0.483 e. The first-order chi connectivity index (χ1) is 24.6. The Morgan fingerprint density at radius 3 is 2.23 bits per heavy atom. The number of Topliss-reactive ketones (excluding diaryl/α,β-unsaturated/α-hetero) is 1. The van der Waals surface area contributed by atoms with Crippen molar-refractivity contribution in [3.63, 3.8) is 0 Å². The van der Waals surface area contributed by atoms with Gasteiger partial charge in [0.25, 0.3) is 0 Å². The summed E-state index contributed by atoms with van der Waals surface area (Å²) in [6.07, 6.45) is -4.60. The van der Waals surface area contributed by atoms with E-state index in [0.29, 0.717) is 12.2 Å². The Morgan fingerprint density at radius 2 is 1.58 bits per heavy atom. The predicted octanol–water partition coefficient (Wildman–Crippen LogP) is 2.97. The van der Waals surface area contributed by atoms with Crippen LogP contribution in [0.3, 0.4) is 0 Å². The summed E-state index contributed by atoms with van der Waals surface area (Å²) in [5.74, 6) is -1.45. The van der Waals surface area contributed by atoms with E-state index in [1.54, 1.807) is 39.8 Å². The number of carbonyl (C=O) groups is 3. The van der Waals surface area contributed by atoms with E-state index in [0.717, 1.165) is 0 Å². The van der Waals surface area contributed by atoms with Gasteiger partial charge in [-0.2, -0.15) is 0 Å². The summed E-state index contributed by atoms with van der Waals surface area (Å²) in [6.45, 7) is 12.6. The number of carbonyl (C=O) groups excluding carboxylic acids is 3. The molecule has 0 aromatic carbocycles. The van der Waals surface area contributed by atoms with Crippen LogP contribution >= 0.6 is 0 Å². The van der Waals surface area contributed by atoms with E-state index in [4.69, 9.17) is 47.4 Å². The lowest BCUT2D eigenvalue weighted by Gasteiger charge is -2.46. The van der Waals surface area contributed by atoms with Crippen LogP contribution in [0.5, 0.6) is 0 Å². The fraction of sp³-hybridized carbons (Fsp3) is 0.811. The van der Waals surface area contributed by atoms with E-state index in [-0.39, 0.29) is 37.1 Å². The second-order valence-corrected chi connectivity index (χ2v) is 15.0. The number of methoxy groups -OCH3 is 2. The summed E-state index contributed by atoms with van der Waals surface area (Å²) >= 11 is 0. The summed E-state index contributed by atoms with van der Waals surface area (Å²) in [7, 11) is 2.96. The molecule has 4 fully saturated rings. The lowest BCUT2D eigenvalue weighted by molar-refractivity contribution is -0.308. The second-order valence-electron chi connectivity index (χ2n) is 15.0. The molecule has 5 aliphatic rings. The average molecular weight is 741 g/mol. The molecule has 15 heteroatoms. The molecule has 0 saturated carbocycles. The molecule has 17 atom stereocenters. The minimum atomic E-state index is -1.36. The lowest BCUT2D eigenvalue weighted by Crippen LogP contribution is -2.62.